The number of thiazole rings is 1. The third-order valence-corrected chi connectivity index (χ3v) is 5.52. The van der Waals surface area contributed by atoms with Crippen molar-refractivity contribution in [2.75, 3.05) is 30.3 Å². The summed E-state index contributed by atoms with van der Waals surface area (Å²) >= 11 is 1.41. The first kappa shape index (κ1) is 14.6. The molecule has 2 aliphatic heterocycles. The highest BCUT2D eigenvalue weighted by atomic mass is 32.1. The van der Waals surface area contributed by atoms with Gasteiger partial charge in [0.25, 0.3) is 5.91 Å². The second-order valence-electron chi connectivity index (χ2n) is 6.05. The third-order valence-electron chi connectivity index (χ3n) is 4.40. The van der Waals surface area contributed by atoms with E-state index in [1.54, 1.807) is 0 Å². The summed E-state index contributed by atoms with van der Waals surface area (Å²) < 4.78 is 0. The number of carbonyl (C=O) groups excluding carboxylic acids is 1. The first-order valence-electron chi connectivity index (χ1n) is 7.64. The minimum Gasteiger partial charge on any atom is -0.382 e. The van der Waals surface area contributed by atoms with Crippen LogP contribution in [0.4, 0.5) is 10.9 Å². The van der Waals surface area contributed by atoms with Gasteiger partial charge in [-0.05, 0) is 32.6 Å². The summed E-state index contributed by atoms with van der Waals surface area (Å²) in [5.41, 5.74) is 11.9. The van der Waals surface area contributed by atoms with Crippen LogP contribution in [0.2, 0.25) is 0 Å². The van der Waals surface area contributed by atoms with E-state index >= 15 is 0 Å². The highest BCUT2D eigenvalue weighted by molar-refractivity contribution is 7.18. The van der Waals surface area contributed by atoms with E-state index in [2.05, 4.69) is 16.8 Å². The zero-order chi connectivity index (χ0) is 15.0. The monoisotopic (exact) mass is 309 g/mol. The van der Waals surface area contributed by atoms with Gasteiger partial charge in [0.15, 0.2) is 5.13 Å². The Morgan fingerprint density at radius 2 is 2.14 bits per heavy atom. The van der Waals surface area contributed by atoms with Gasteiger partial charge in [-0.1, -0.05) is 11.3 Å². The van der Waals surface area contributed by atoms with Gasteiger partial charge in [0.1, 0.15) is 10.7 Å². The topological polar surface area (TPSA) is 88.5 Å². The summed E-state index contributed by atoms with van der Waals surface area (Å²) in [5, 5.41) is 0.827. The Balaban J connectivity index is 1.79. The fraction of sp³-hybridized carbons (Fsp3) is 0.714. The first-order chi connectivity index (χ1) is 10.1. The lowest BCUT2D eigenvalue weighted by Gasteiger charge is -2.33. The maximum atomic E-state index is 12.7. The van der Waals surface area contributed by atoms with Crippen molar-refractivity contribution in [3.05, 3.63) is 4.88 Å². The molecule has 2 unspecified atom stereocenters. The molecule has 2 saturated heterocycles. The molecular weight excluding hydrogens is 286 g/mol. The summed E-state index contributed by atoms with van der Waals surface area (Å²) in [7, 11) is 0. The molecule has 3 rings (SSSR count). The molecule has 2 atom stereocenters. The molecule has 0 radical (unpaired) electrons. The van der Waals surface area contributed by atoms with Gasteiger partial charge in [0.2, 0.25) is 0 Å². The molecule has 2 fully saturated rings. The number of rotatable bonds is 2. The van der Waals surface area contributed by atoms with Crippen molar-refractivity contribution >= 4 is 28.2 Å². The largest absolute Gasteiger partial charge is 0.382 e. The molecule has 116 valence electrons. The van der Waals surface area contributed by atoms with Gasteiger partial charge in [0.05, 0.1) is 0 Å². The van der Waals surface area contributed by atoms with Crippen LogP contribution in [0.15, 0.2) is 0 Å². The number of nitrogen functional groups attached to an aromatic ring is 1. The van der Waals surface area contributed by atoms with Crippen molar-refractivity contribution in [2.45, 2.75) is 44.7 Å². The number of anilines is 2. The van der Waals surface area contributed by atoms with Gasteiger partial charge in [-0.2, -0.15) is 0 Å². The Morgan fingerprint density at radius 3 is 2.81 bits per heavy atom. The molecule has 21 heavy (non-hydrogen) atoms. The summed E-state index contributed by atoms with van der Waals surface area (Å²) in [4.78, 5) is 21.7. The number of nitrogens with zero attached hydrogens (tertiary/aromatic N) is 3. The lowest BCUT2D eigenvalue weighted by molar-refractivity contribution is 0.0641. The summed E-state index contributed by atoms with van der Waals surface area (Å²) in [6.45, 7) is 4.61. The van der Waals surface area contributed by atoms with Crippen LogP contribution < -0.4 is 16.4 Å². The normalized spacial score (nSPS) is 26.4. The molecule has 0 aromatic carbocycles. The van der Waals surface area contributed by atoms with Crippen molar-refractivity contribution in [1.82, 2.24) is 9.88 Å². The van der Waals surface area contributed by atoms with E-state index in [-0.39, 0.29) is 18.0 Å². The van der Waals surface area contributed by atoms with Crippen molar-refractivity contribution in [2.24, 2.45) is 5.73 Å². The Bertz CT molecular complexity index is 531. The lowest BCUT2D eigenvalue weighted by Crippen LogP contribution is -2.41. The van der Waals surface area contributed by atoms with Gasteiger partial charge in [-0.25, -0.2) is 4.98 Å². The van der Waals surface area contributed by atoms with E-state index in [0.717, 1.165) is 44.0 Å². The van der Waals surface area contributed by atoms with Gasteiger partial charge < -0.3 is 21.3 Å². The number of aromatic nitrogens is 1. The zero-order valence-electron chi connectivity index (χ0n) is 12.4. The van der Waals surface area contributed by atoms with E-state index in [1.807, 2.05) is 4.90 Å². The molecule has 3 heterocycles. The molecule has 1 aromatic heterocycles. The number of piperidine rings is 1. The maximum Gasteiger partial charge on any atom is 0.268 e. The molecule has 6 nitrogen and oxygen atoms in total. The molecule has 1 amide bonds. The molecule has 0 spiro atoms. The number of hydrogen-bond acceptors (Lipinski definition) is 6. The Labute approximate surface area is 129 Å². The second kappa shape index (κ2) is 5.81. The van der Waals surface area contributed by atoms with Crippen molar-refractivity contribution in [3.63, 3.8) is 0 Å². The van der Waals surface area contributed by atoms with Crippen LogP contribution in [-0.4, -0.2) is 47.5 Å². The SMILES string of the molecule is CC1CCCCN1C(=O)c1sc(N2CCC(N)C2)nc1N. The highest BCUT2D eigenvalue weighted by Crippen LogP contribution is 2.32. The maximum absolute atomic E-state index is 12.7. The van der Waals surface area contributed by atoms with Gasteiger partial charge in [0, 0.05) is 31.7 Å². The van der Waals surface area contributed by atoms with Crippen LogP contribution in [0.1, 0.15) is 42.3 Å². The average molecular weight is 309 g/mol. The molecular formula is C14H23N5OS. The van der Waals surface area contributed by atoms with E-state index < -0.39 is 0 Å². The van der Waals surface area contributed by atoms with Crippen LogP contribution in [0.5, 0.6) is 0 Å². The van der Waals surface area contributed by atoms with Crippen LogP contribution in [-0.2, 0) is 0 Å². The predicted molar refractivity (Wildman–Crippen MR) is 85.7 cm³/mol. The van der Waals surface area contributed by atoms with Gasteiger partial charge in [-0.3, -0.25) is 4.79 Å². The van der Waals surface area contributed by atoms with Crippen molar-refractivity contribution < 1.29 is 4.79 Å². The van der Waals surface area contributed by atoms with E-state index in [4.69, 9.17) is 11.5 Å². The Morgan fingerprint density at radius 1 is 1.33 bits per heavy atom. The molecule has 1 aromatic rings. The Hall–Kier alpha value is -1.34. The van der Waals surface area contributed by atoms with Gasteiger partial charge >= 0.3 is 0 Å². The fourth-order valence-electron chi connectivity index (χ4n) is 3.10. The number of likely N-dealkylation sites (tertiary alicyclic amines) is 1. The van der Waals surface area contributed by atoms with Crippen molar-refractivity contribution in [3.8, 4) is 0 Å². The number of hydrogen-bond donors (Lipinski definition) is 2. The number of nitrogens with two attached hydrogens (primary N) is 2. The predicted octanol–water partition coefficient (Wildman–Crippen LogP) is 1.28. The lowest BCUT2D eigenvalue weighted by atomic mass is 10.0. The summed E-state index contributed by atoms with van der Waals surface area (Å²) in [5.74, 6) is 0.394. The molecule has 2 aliphatic rings. The minimum atomic E-state index is 0.0342. The van der Waals surface area contributed by atoms with E-state index in [1.165, 1.54) is 17.8 Å². The average Bonchev–Trinajstić information content (AvgIpc) is 3.05. The number of carbonyl (C=O) groups is 1. The van der Waals surface area contributed by atoms with Crippen molar-refractivity contribution in [1.29, 1.82) is 0 Å². The Kier molecular flexibility index (Phi) is 4.03. The van der Waals surface area contributed by atoms with Crippen LogP contribution >= 0.6 is 11.3 Å². The highest BCUT2D eigenvalue weighted by Gasteiger charge is 2.29. The van der Waals surface area contributed by atoms with E-state index in [9.17, 15) is 4.79 Å². The van der Waals surface area contributed by atoms with Crippen LogP contribution in [0.25, 0.3) is 0 Å². The molecule has 0 saturated carbocycles. The number of amides is 1. The smallest absolute Gasteiger partial charge is 0.268 e. The third kappa shape index (κ3) is 2.85. The molecule has 7 heteroatoms. The summed E-state index contributed by atoms with van der Waals surface area (Å²) in [6.07, 6.45) is 4.30. The van der Waals surface area contributed by atoms with E-state index in [0.29, 0.717) is 10.7 Å². The molecule has 0 bridgehead atoms. The first-order valence-corrected chi connectivity index (χ1v) is 8.45. The molecule has 4 N–H and O–H groups in total. The zero-order valence-corrected chi connectivity index (χ0v) is 13.2. The molecule has 0 aliphatic carbocycles. The summed E-state index contributed by atoms with van der Waals surface area (Å²) in [6, 6.07) is 0.479. The minimum absolute atomic E-state index is 0.0342. The van der Waals surface area contributed by atoms with Gasteiger partial charge in [-0.15, -0.1) is 0 Å². The fourth-order valence-corrected chi connectivity index (χ4v) is 4.08. The standard InChI is InChI=1S/C14H23N5OS/c1-9-4-2-3-6-19(9)13(20)11-12(16)17-14(21-11)18-7-5-10(15)8-18/h9-10H,2-8,15-16H2,1H3. The van der Waals surface area contributed by atoms with Crippen LogP contribution in [0, 0.1) is 0 Å². The quantitative estimate of drug-likeness (QED) is 0.859. The van der Waals surface area contributed by atoms with Crippen LogP contribution in [0.3, 0.4) is 0 Å². The second-order valence-corrected chi connectivity index (χ2v) is 7.03.